The van der Waals surface area contributed by atoms with E-state index in [-0.39, 0.29) is 29.5 Å². The monoisotopic (exact) mass is 384 g/mol. The van der Waals surface area contributed by atoms with Crippen LogP contribution in [0, 0.1) is 0 Å². The summed E-state index contributed by atoms with van der Waals surface area (Å²) in [6, 6.07) is 7.90. The lowest BCUT2D eigenvalue weighted by atomic mass is 10.1. The number of ketones is 1. The van der Waals surface area contributed by atoms with Crippen molar-refractivity contribution in [1.29, 1.82) is 0 Å². The van der Waals surface area contributed by atoms with Crippen molar-refractivity contribution in [2.24, 2.45) is 0 Å². The summed E-state index contributed by atoms with van der Waals surface area (Å²) in [6.45, 7) is 3.77. The zero-order valence-electron chi connectivity index (χ0n) is 15.9. The Hall–Kier alpha value is -2.93. The molecule has 1 N–H and O–H groups in total. The molecule has 0 radical (unpaired) electrons. The van der Waals surface area contributed by atoms with Crippen LogP contribution in [0.1, 0.15) is 42.3 Å². The van der Waals surface area contributed by atoms with Crippen LogP contribution in [0.4, 0.5) is 5.69 Å². The van der Waals surface area contributed by atoms with Crippen LogP contribution in [-0.4, -0.2) is 36.3 Å². The van der Waals surface area contributed by atoms with E-state index in [9.17, 15) is 14.4 Å². The number of amides is 1. The molecule has 2 heterocycles. The molecule has 0 unspecified atom stereocenters. The summed E-state index contributed by atoms with van der Waals surface area (Å²) in [6.07, 6.45) is 4.85. The molecule has 1 saturated heterocycles. The van der Waals surface area contributed by atoms with Gasteiger partial charge in [-0.05, 0) is 50.2 Å². The predicted molar refractivity (Wildman–Crippen MR) is 105 cm³/mol. The lowest BCUT2D eigenvalue weighted by Gasteiger charge is -2.25. The Morgan fingerprint density at radius 1 is 1.14 bits per heavy atom. The molecule has 3 rings (SSSR count). The number of likely N-dealkylation sites (tertiary alicyclic amines) is 1. The molecule has 7 heteroatoms. The Balaban J connectivity index is 1.55. The zero-order valence-corrected chi connectivity index (χ0v) is 15.9. The van der Waals surface area contributed by atoms with Crippen molar-refractivity contribution in [2.45, 2.75) is 32.7 Å². The van der Waals surface area contributed by atoms with Crippen molar-refractivity contribution in [3.63, 3.8) is 0 Å². The van der Waals surface area contributed by atoms with Gasteiger partial charge in [0.05, 0.1) is 6.54 Å². The molecule has 2 aromatic rings. The molecule has 1 fully saturated rings. The number of Topliss-reactive ketones (excluding diaryl/α,β-unsaturated/α-hetero) is 1. The molecule has 0 saturated carbocycles. The average Bonchev–Trinajstić information content (AvgIpc) is 2.68. The number of hydrogen-bond acceptors (Lipinski definition) is 6. The van der Waals surface area contributed by atoms with E-state index in [0.717, 1.165) is 13.1 Å². The third-order valence-electron chi connectivity index (χ3n) is 4.57. The largest absolute Gasteiger partial charge is 0.478 e. The van der Waals surface area contributed by atoms with Gasteiger partial charge in [-0.25, -0.2) is 0 Å². The number of carbonyl (C=O) groups excluding carboxylic acids is 2. The molecule has 28 heavy (non-hydrogen) atoms. The topological polar surface area (TPSA) is 88.8 Å². The smallest absolute Gasteiger partial charge is 0.227 e. The Bertz CT molecular complexity index is 882. The second kappa shape index (κ2) is 9.32. The summed E-state index contributed by atoms with van der Waals surface area (Å²) in [5.74, 6) is 0.161. The molecule has 1 aromatic heterocycles. The van der Waals surface area contributed by atoms with Gasteiger partial charge in [0.1, 0.15) is 12.0 Å². The highest BCUT2D eigenvalue weighted by Gasteiger charge is 2.14. The van der Waals surface area contributed by atoms with Crippen molar-refractivity contribution in [3.05, 3.63) is 58.1 Å². The van der Waals surface area contributed by atoms with Gasteiger partial charge in [-0.3, -0.25) is 19.3 Å². The normalized spacial score (nSPS) is 14.5. The van der Waals surface area contributed by atoms with Crippen LogP contribution in [-0.2, 0) is 11.3 Å². The van der Waals surface area contributed by atoms with Crippen molar-refractivity contribution in [2.75, 3.05) is 25.0 Å². The molecule has 0 atom stereocenters. The first-order chi connectivity index (χ1) is 13.5. The number of nitrogens with zero attached hydrogens (tertiary/aromatic N) is 1. The van der Waals surface area contributed by atoms with Gasteiger partial charge in [0, 0.05) is 24.2 Å². The number of ether oxygens (including phenoxy) is 1. The minimum Gasteiger partial charge on any atom is -0.478 e. The highest BCUT2D eigenvalue weighted by molar-refractivity contribution is 5.98. The number of hydrogen-bond donors (Lipinski definition) is 1. The van der Waals surface area contributed by atoms with Gasteiger partial charge in [0.2, 0.25) is 17.1 Å². The lowest BCUT2D eigenvalue weighted by Crippen LogP contribution is -2.29. The number of benzene rings is 1. The summed E-state index contributed by atoms with van der Waals surface area (Å²) in [5.41, 5.74) is 0.738. The molecule has 0 bridgehead atoms. The van der Waals surface area contributed by atoms with Crippen molar-refractivity contribution < 1.29 is 18.7 Å². The van der Waals surface area contributed by atoms with Gasteiger partial charge in [0.25, 0.3) is 0 Å². The number of carbonyl (C=O) groups is 2. The first-order valence-electron chi connectivity index (χ1n) is 9.39. The van der Waals surface area contributed by atoms with Gasteiger partial charge < -0.3 is 14.5 Å². The molecule has 1 aliphatic heterocycles. The molecule has 1 aliphatic rings. The van der Waals surface area contributed by atoms with E-state index in [1.807, 2.05) is 0 Å². The van der Waals surface area contributed by atoms with E-state index in [4.69, 9.17) is 9.15 Å². The molecule has 7 nitrogen and oxygen atoms in total. The van der Waals surface area contributed by atoms with E-state index >= 15 is 0 Å². The summed E-state index contributed by atoms with van der Waals surface area (Å²) in [7, 11) is 0. The number of piperidine rings is 1. The fraction of sp³-hybridized carbons (Fsp3) is 0.381. The third kappa shape index (κ3) is 5.53. The predicted octanol–water partition coefficient (Wildman–Crippen LogP) is 2.85. The first kappa shape index (κ1) is 19.8. The van der Waals surface area contributed by atoms with Crippen LogP contribution in [0.5, 0.6) is 5.75 Å². The third-order valence-corrected chi connectivity index (χ3v) is 4.57. The molecular weight excluding hydrogens is 360 g/mol. The molecule has 148 valence electrons. The highest BCUT2D eigenvalue weighted by Crippen LogP contribution is 2.14. The van der Waals surface area contributed by atoms with Crippen LogP contribution in [0.2, 0.25) is 0 Å². The van der Waals surface area contributed by atoms with Crippen LogP contribution in [0.25, 0.3) is 0 Å². The highest BCUT2D eigenvalue weighted by atomic mass is 16.5. The maximum absolute atomic E-state index is 12.2. The zero-order chi connectivity index (χ0) is 19.9. The van der Waals surface area contributed by atoms with Gasteiger partial charge in [-0.2, -0.15) is 0 Å². The van der Waals surface area contributed by atoms with E-state index in [0.29, 0.717) is 23.6 Å². The van der Waals surface area contributed by atoms with Crippen molar-refractivity contribution in [1.82, 2.24) is 4.90 Å². The van der Waals surface area contributed by atoms with Gasteiger partial charge in [-0.15, -0.1) is 0 Å². The molecule has 0 spiro atoms. The van der Waals surface area contributed by atoms with Crippen LogP contribution in [0.3, 0.4) is 0 Å². The second-order valence-electron chi connectivity index (χ2n) is 6.88. The van der Waals surface area contributed by atoms with Crippen LogP contribution < -0.4 is 15.5 Å². The molecule has 1 aromatic carbocycles. The molecular formula is C21H24N2O5. The van der Waals surface area contributed by atoms with Gasteiger partial charge >= 0.3 is 0 Å². The number of anilines is 1. The minimum atomic E-state index is -0.299. The quantitative estimate of drug-likeness (QED) is 0.739. The average molecular weight is 384 g/mol. The maximum atomic E-state index is 12.2. The van der Waals surface area contributed by atoms with Crippen molar-refractivity contribution >= 4 is 17.4 Å². The molecule has 0 aliphatic carbocycles. The fourth-order valence-corrected chi connectivity index (χ4v) is 3.13. The SMILES string of the molecule is CC(=O)Nc1ccc(C(=O)COc2coc(CN3CCCCC3)cc2=O)cc1. The Morgan fingerprint density at radius 2 is 1.86 bits per heavy atom. The van der Waals surface area contributed by atoms with Crippen LogP contribution in [0.15, 0.2) is 45.8 Å². The minimum absolute atomic E-state index is 0.0191. The van der Waals surface area contributed by atoms with E-state index in [2.05, 4.69) is 10.2 Å². The number of rotatable bonds is 7. The second-order valence-corrected chi connectivity index (χ2v) is 6.88. The van der Waals surface area contributed by atoms with E-state index in [1.54, 1.807) is 24.3 Å². The Morgan fingerprint density at radius 3 is 2.50 bits per heavy atom. The summed E-state index contributed by atoms with van der Waals surface area (Å²) < 4.78 is 10.9. The van der Waals surface area contributed by atoms with Crippen molar-refractivity contribution in [3.8, 4) is 5.75 Å². The van der Waals surface area contributed by atoms with Crippen LogP contribution >= 0.6 is 0 Å². The Labute approximate surface area is 163 Å². The fourth-order valence-electron chi connectivity index (χ4n) is 3.13. The van der Waals surface area contributed by atoms with Gasteiger partial charge in [-0.1, -0.05) is 6.42 Å². The summed E-state index contributed by atoms with van der Waals surface area (Å²) >= 11 is 0. The standard InChI is InChI=1S/C21H24N2O5/c1-15(24)22-17-7-5-16(6-8-17)20(26)13-28-21-14-27-18(11-19(21)25)12-23-9-3-2-4-10-23/h5-8,11,14H,2-4,9-10,12-13H2,1H3,(H,22,24). The summed E-state index contributed by atoms with van der Waals surface area (Å²) in [5, 5.41) is 2.63. The van der Waals surface area contributed by atoms with Gasteiger partial charge in [0.15, 0.2) is 12.4 Å². The maximum Gasteiger partial charge on any atom is 0.227 e. The Kier molecular flexibility index (Phi) is 6.60. The lowest BCUT2D eigenvalue weighted by molar-refractivity contribution is -0.114. The molecule has 1 amide bonds. The number of nitrogens with one attached hydrogen (secondary N) is 1. The summed E-state index contributed by atoms with van der Waals surface area (Å²) in [4.78, 5) is 37.7. The van der Waals surface area contributed by atoms with E-state index < -0.39 is 0 Å². The first-order valence-corrected chi connectivity index (χ1v) is 9.39. The van der Waals surface area contributed by atoms with E-state index in [1.165, 1.54) is 38.5 Å².